The summed E-state index contributed by atoms with van der Waals surface area (Å²) in [6.45, 7) is 1.62. The van der Waals surface area contributed by atoms with Crippen molar-refractivity contribution >= 4 is 35.2 Å². The Labute approximate surface area is 157 Å². The number of aliphatic carboxylic acids is 1. The molecule has 1 amide bonds. The molecule has 10 heteroatoms. The predicted octanol–water partition coefficient (Wildman–Crippen LogP) is 2.45. The van der Waals surface area contributed by atoms with Gasteiger partial charge in [-0.25, -0.2) is 13.9 Å². The highest BCUT2D eigenvalue weighted by Crippen LogP contribution is 2.28. The number of benzene rings is 1. The Hall–Kier alpha value is -2.13. The first kappa shape index (κ1) is 18.7. The molecule has 1 aromatic carbocycles. The third-order valence-electron chi connectivity index (χ3n) is 4.37. The number of thioether (sulfide) groups is 1. The average molecular weight is 399 g/mol. The number of hydrogen-bond donors (Lipinski definition) is 2. The van der Waals surface area contributed by atoms with Gasteiger partial charge in [0.1, 0.15) is 11.4 Å². The Kier molecular flexibility index (Phi) is 5.19. The fraction of sp³-hybridized carbons (Fsp3) is 0.375. The molecule has 1 aliphatic rings. The predicted molar refractivity (Wildman–Crippen MR) is 95.5 cm³/mol. The summed E-state index contributed by atoms with van der Waals surface area (Å²) in [4.78, 5) is 24.3. The van der Waals surface area contributed by atoms with E-state index in [-0.39, 0.29) is 10.7 Å². The van der Waals surface area contributed by atoms with E-state index >= 15 is 0 Å². The van der Waals surface area contributed by atoms with Crippen LogP contribution in [0.1, 0.15) is 29.0 Å². The van der Waals surface area contributed by atoms with Crippen molar-refractivity contribution in [1.82, 2.24) is 20.3 Å². The summed E-state index contributed by atoms with van der Waals surface area (Å²) in [6, 6.07) is 4.02. The second-order valence-corrected chi connectivity index (χ2v) is 7.62. The number of carboxylic acid groups (broad SMARTS) is 1. The van der Waals surface area contributed by atoms with Gasteiger partial charge in [-0.3, -0.25) is 4.79 Å². The highest BCUT2D eigenvalue weighted by atomic mass is 35.5. The smallest absolute Gasteiger partial charge is 0.329 e. The molecule has 1 saturated heterocycles. The molecule has 0 bridgehead atoms. The van der Waals surface area contributed by atoms with Crippen LogP contribution in [0.3, 0.4) is 0 Å². The van der Waals surface area contributed by atoms with E-state index in [4.69, 9.17) is 11.6 Å². The lowest BCUT2D eigenvalue weighted by molar-refractivity contribution is -0.144. The minimum atomic E-state index is -1.29. The maximum absolute atomic E-state index is 13.3. The van der Waals surface area contributed by atoms with E-state index in [2.05, 4.69) is 15.6 Å². The maximum atomic E-state index is 13.3. The number of rotatable bonds is 4. The van der Waals surface area contributed by atoms with Crippen LogP contribution in [-0.4, -0.2) is 49.0 Å². The van der Waals surface area contributed by atoms with Gasteiger partial charge in [0.25, 0.3) is 5.91 Å². The number of amides is 1. The van der Waals surface area contributed by atoms with E-state index in [0.717, 1.165) is 0 Å². The van der Waals surface area contributed by atoms with Crippen molar-refractivity contribution in [3.63, 3.8) is 0 Å². The Balaban J connectivity index is 1.88. The lowest BCUT2D eigenvalue weighted by atomic mass is 9.92. The maximum Gasteiger partial charge on any atom is 0.329 e. The summed E-state index contributed by atoms with van der Waals surface area (Å²) >= 11 is 7.44. The van der Waals surface area contributed by atoms with E-state index in [1.54, 1.807) is 18.7 Å². The molecule has 1 aromatic heterocycles. The van der Waals surface area contributed by atoms with Crippen LogP contribution in [0.5, 0.6) is 0 Å². The van der Waals surface area contributed by atoms with E-state index in [0.29, 0.717) is 35.7 Å². The van der Waals surface area contributed by atoms with Gasteiger partial charge < -0.3 is 10.4 Å². The zero-order chi connectivity index (χ0) is 18.9. The molecule has 2 N–H and O–H groups in total. The second kappa shape index (κ2) is 7.24. The van der Waals surface area contributed by atoms with Gasteiger partial charge in [0.05, 0.1) is 16.4 Å². The lowest BCUT2D eigenvalue weighted by Crippen LogP contribution is -2.56. The lowest BCUT2D eigenvalue weighted by Gasteiger charge is -2.33. The van der Waals surface area contributed by atoms with Crippen LogP contribution in [0, 0.1) is 12.7 Å². The van der Waals surface area contributed by atoms with Gasteiger partial charge in [-0.05, 0) is 49.5 Å². The summed E-state index contributed by atoms with van der Waals surface area (Å²) in [5.41, 5.74) is -0.430. The molecule has 3 rings (SSSR count). The number of carboxylic acids is 1. The topological polar surface area (TPSA) is 97.1 Å². The van der Waals surface area contributed by atoms with Gasteiger partial charge in [0.15, 0.2) is 5.69 Å². The third kappa shape index (κ3) is 3.41. The van der Waals surface area contributed by atoms with Crippen molar-refractivity contribution in [2.24, 2.45) is 0 Å². The van der Waals surface area contributed by atoms with E-state index in [1.165, 1.54) is 22.9 Å². The number of nitrogens with zero attached hydrogens (tertiary/aromatic N) is 3. The van der Waals surface area contributed by atoms with E-state index in [1.807, 2.05) is 0 Å². The minimum Gasteiger partial charge on any atom is -0.480 e. The molecule has 138 valence electrons. The normalized spacial score (nSPS) is 16.3. The van der Waals surface area contributed by atoms with E-state index < -0.39 is 23.2 Å². The second-order valence-electron chi connectivity index (χ2n) is 5.99. The van der Waals surface area contributed by atoms with Crippen molar-refractivity contribution in [2.45, 2.75) is 25.3 Å². The van der Waals surface area contributed by atoms with Crippen molar-refractivity contribution in [1.29, 1.82) is 0 Å². The first-order valence-electron chi connectivity index (χ1n) is 7.85. The standard InChI is InChI=1S/C16H16ClFN4O3S/c1-9-13(14(23)19-16(15(24)25)4-6-26-7-5-16)20-21-22(9)10-2-3-12(18)11(17)8-10/h2-3,8H,4-7H2,1H3,(H,19,23)(H,24,25). The van der Waals surface area contributed by atoms with Crippen molar-refractivity contribution in [3.05, 3.63) is 40.4 Å². The molecule has 2 heterocycles. The molecule has 0 atom stereocenters. The monoisotopic (exact) mass is 398 g/mol. The van der Waals surface area contributed by atoms with Crippen LogP contribution in [-0.2, 0) is 4.79 Å². The number of hydrogen-bond acceptors (Lipinski definition) is 5. The Morgan fingerprint density at radius 3 is 2.69 bits per heavy atom. The summed E-state index contributed by atoms with van der Waals surface area (Å²) in [7, 11) is 0. The first-order chi connectivity index (χ1) is 12.3. The SMILES string of the molecule is Cc1c(C(=O)NC2(C(=O)O)CCSCC2)nnn1-c1ccc(F)c(Cl)c1. The quantitative estimate of drug-likeness (QED) is 0.821. The Morgan fingerprint density at radius 2 is 2.08 bits per heavy atom. The molecular formula is C16H16ClFN4O3S. The van der Waals surface area contributed by atoms with Gasteiger partial charge in [-0.2, -0.15) is 11.8 Å². The average Bonchev–Trinajstić information content (AvgIpc) is 2.99. The Morgan fingerprint density at radius 1 is 1.38 bits per heavy atom. The Bertz CT molecular complexity index is 867. The van der Waals surface area contributed by atoms with Gasteiger partial charge >= 0.3 is 5.97 Å². The summed E-state index contributed by atoms with van der Waals surface area (Å²) in [5, 5.41) is 19.9. The van der Waals surface area contributed by atoms with Gasteiger partial charge in [0, 0.05) is 0 Å². The molecule has 7 nitrogen and oxygen atoms in total. The zero-order valence-electron chi connectivity index (χ0n) is 13.8. The number of aromatic nitrogens is 3. The summed E-state index contributed by atoms with van der Waals surface area (Å²) in [5.74, 6) is -0.902. The molecule has 26 heavy (non-hydrogen) atoms. The fourth-order valence-corrected chi connectivity index (χ4v) is 4.15. The number of carbonyl (C=O) groups excluding carboxylic acids is 1. The fourth-order valence-electron chi connectivity index (χ4n) is 2.79. The number of nitrogens with one attached hydrogen (secondary N) is 1. The van der Waals surface area contributed by atoms with Crippen LogP contribution in [0.15, 0.2) is 18.2 Å². The molecule has 0 radical (unpaired) electrons. The van der Waals surface area contributed by atoms with Gasteiger partial charge in [-0.1, -0.05) is 16.8 Å². The van der Waals surface area contributed by atoms with Gasteiger partial charge in [-0.15, -0.1) is 5.10 Å². The van der Waals surface area contributed by atoms with Crippen molar-refractivity contribution in [3.8, 4) is 5.69 Å². The summed E-state index contributed by atoms with van der Waals surface area (Å²) in [6.07, 6.45) is 0.693. The van der Waals surface area contributed by atoms with Crippen LogP contribution < -0.4 is 5.32 Å². The molecule has 0 unspecified atom stereocenters. The van der Waals surface area contributed by atoms with Gasteiger partial charge in [0.2, 0.25) is 0 Å². The van der Waals surface area contributed by atoms with Crippen LogP contribution in [0.25, 0.3) is 5.69 Å². The molecule has 1 aliphatic heterocycles. The molecular weight excluding hydrogens is 383 g/mol. The molecule has 2 aromatic rings. The van der Waals surface area contributed by atoms with Crippen LogP contribution in [0.4, 0.5) is 4.39 Å². The van der Waals surface area contributed by atoms with Crippen LogP contribution in [0.2, 0.25) is 5.02 Å². The molecule has 0 saturated carbocycles. The largest absolute Gasteiger partial charge is 0.480 e. The number of halogens is 2. The number of carbonyl (C=O) groups is 2. The molecule has 0 spiro atoms. The first-order valence-corrected chi connectivity index (χ1v) is 9.39. The van der Waals surface area contributed by atoms with Crippen LogP contribution >= 0.6 is 23.4 Å². The van der Waals surface area contributed by atoms with E-state index in [9.17, 15) is 19.1 Å². The highest BCUT2D eigenvalue weighted by molar-refractivity contribution is 7.99. The molecule has 0 aliphatic carbocycles. The highest BCUT2D eigenvalue weighted by Gasteiger charge is 2.42. The third-order valence-corrected chi connectivity index (χ3v) is 5.64. The van der Waals surface area contributed by atoms with Crippen molar-refractivity contribution < 1.29 is 19.1 Å². The minimum absolute atomic E-state index is 0.0179. The van der Waals surface area contributed by atoms with Crippen molar-refractivity contribution in [2.75, 3.05) is 11.5 Å². The summed E-state index contributed by atoms with van der Waals surface area (Å²) < 4.78 is 14.7. The molecule has 1 fully saturated rings. The zero-order valence-corrected chi connectivity index (χ0v) is 15.4.